The number of anilines is 1. The van der Waals surface area contributed by atoms with Crippen LogP contribution in [0.5, 0.6) is 11.5 Å². The van der Waals surface area contributed by atoms with Gasteiger partial charge < -0.3 is 25.6 Å². The van der Waals surface area contributed by atoms with E-state index in [4.69, 9.17) is 4.74 Å². The number of hydrogen-bond donors (Lipinski definition) is 6. The second-order valence-electron chi connectivity index (χ2n) is 9.56. The fourth-order valence-electron chi connectivity index (χ4n) is 4.35. The lowest BCUT2D eigenvalue weighted by molar-refractivity contribution is -0.139. The maximum absolute atomic E-state index is 12.8. The van der Waals surface area contributed by atoms with Crippen LogP contribution in [0.1, 0.15) is 11.1 Å². The number of likely N-dealkylation sites (tertiary alicyclic amines) is 1. The van der Waals surface area contributed by atoms with Gasteiger partial charge in [0.2, 0.25) is 0 Å². The molecule has 0 spiro atoms. The third-order valence-electron chi connectivity index (χ3n) is 6.67. The molecule has 5 rings (SSSR count). The van der Waals surface area contributed by atoms with E-state index < -0.39 is 52.8 Å². The van der Waals surface area contributed by atoms with Crippen molar-refractivity contribution in [1.29, 1.82) is 0 Å². The number of β-lactam (4-membered cyclic amide) rings is 1. The number of carbonyl (C=O) groups excluding carboxylic acids is 5. The molecule has 0 aromatic heterocycles. The van der Waals surface area contributed by atoms with Gasteiger partial charge in [0, 0.05) is 29.9 Å². The van der Waals surface area contributed by atoms with Crippen molar-refractivity contribution in [1.82, 2.24) is 29.7 Å². The van der Waals surface area contributed by atoms with Crippen molar-refractivity contribution in [2.24, 2.45) is 0 Å². The Kier molecular flexibility index (Phi) is 7.68. The number of carbonyl (C=O) groups is 5. The third kappa shape index (κ3) is 6.08. The number of nitrogens with zero attached hydrogens (tertiary/aromatic N) is 3. The fraction of sp³-hybridized carbons (Fsp3) is 0.240. The van der Waals surface area contributed by atoms with Crippen molar-refractivity contribution in [3.05, 3.63) is 65.4 Å². The summed E-state index contributed by atoms with van der Waals surface area (Å²) in [5, 5.41) is 25.1. The van der Waals surface area contributed by atoms with E-state index >= 15 is 0 Å². The van der Waals surface area contributed by atoms with Gasteiger partial charge in [0.15, 0.2) is 11.5 Å². The molecule has 2 aromatic rings. The largest absolute Gasteiger partial charge is 0.504 e. The first-order valence-corrected chi connectivity index (χ1v) is 14.1. The number of amides is 7. The molecular weight excluding hydrogens is 590 g/mol. The van der Waals surface area contributed by atoms with Gasteiger partial charge in [0.25, 0.3) is 11.8 Å². The van der Waals surface area contributed by atoms with Crippen LogP contribution in [0, 0.1) is 0 Å². The number of rotatable bonds is 7. The lowest BCUT2D eigenvalue weighted by Crippen LogP contribution is -2.68. The van der Waals surface area contributed by atoms with Crippen molar-refractivity contribution >= 4 is 45.9 Å². The molecule has 43 heavy (non-hydrogen) atoms. The molecule has 3 aliphatic heterocycles. The molecule has 2 saturated heterocycles. The third-order valence-corrected chi connectivity index (χ3v) is 8.02. The number of hydrazine groups is 1. The molecule has 0 aliphatic carbocycles. The van der Waals surface area contributed by atoms with E-state index in [-0.39, 0.29) is 43.2 Å². The number of phenolic OH excluding ortho intramolecular Hbond substituents is 2. The second-order valence-corrected chi connectivity index (χ2v) is 11.2. The maximum Gasteiger partial charge on any atom is 0.408 e. The standard InChI is InChI=1S/C25H25N7O10S/c33-19-9-15-8-16(11-26-17(15)10-20(19)34)21(35)28-31-6-7-32(25(31)39)43(40,41)29-23(37)30-12-18(22(30)36)27-24(38)42-13-14-4-2-1-3-5-14/h1-5,9-11,18,26,33-34H,6-8,12-13H2,(H,27,38)(H,28,35)(H,29,37). The molecule has 2 aromatic carbocycles. The van der Waals surface area contributed by atoms with Gasteiger partial charge in [-0.15, -0.1) is 0 Å². The zero-order valence-electron chi connectivity index (χ0n) is 22.1. The van der Waals surface area contributed by atoms with Crippen LogP contribution in [0.2, 0.25) is 0 Å². The van der Waals surface area contributed by atoms with Crippen LogP contribution in [-0.4, -0.2) is 88.5 Å². The molecule has 18 heteroatoms. The van der Waals surface area contributed by atoms with E-state index in [1.165, 1.54) is 18.3 Å². The summed E-state index contributed by atoms with van der Waals surface area (Å²) in [7, 11) is -4.77. The molecule has 0 bridgehead atoms. The summed E-state index contributed by atoms with van der Waals surface area (Å²) >= 11 is 0. The van der Waals surface area contributed by atoms with Gasteiger partial charge in [-0.1, -0.05) is 30.3 Å². The van der Waals surface area contributed by atoms with E-state index in [0.29, 0.717) is 20.5 Å². The van der Waals surface area contributed by atoms with E-state index in [9.17, 15) is 42.6 Å². The van der Waals surface area contributed by atoms with E-state index in [0.717, 1.165) is 10.6 Å². The molecule has 3 aliphatic rings. The number of urea groups is 2. The maximum atomic E-state index is 12.8. The molecule has 1 atom stereocenters. The number of benzene rings is 2. The molecule has 226 valence electrons. The SMILES string of the molecule is O=C(NC1CN(C(=O)NS(=O)(=O)N2CCN(NC(=O)C3=CNc4cc(O)c(O)cc4C3)C2=O)C1=O)OCc1ccccc1. The van der Waals surface area contributed by atoms with Gasteiger partial charge in [-0.3, -0.25) is 19.9 Å². The molecule has 0 radical (unpaired) electrons. The molecule has 7 amide bonds. The number of imide groups is 1. The van der Waals surface area contributed by atoms with E-state index in [1.807, 2.05) is 0 Å². The van der Waals surface area contributed by atoms with Crippen molar-refractivity contribution in [2.45, 2.75) is 19.1 Å². The lowest BCUT2D eigenvalue weighted by Gasteiger charge is -2.36. The van der Waals surface area contributed by atoms with Crippen LogP contribution in [0.15, 0.2) is 54.2 Å². The first kappa shape index (κ1) is 29.0. The van der Waals surface area contributed by atoms with Crippen molar-refractivity contribution in [2.75, 3.05) is 25.0 Å². The first-order valence-electron chi connectivity index (χ1n) is 12.7. The quantitative estimate of drug-likeness (QED) is 0.136. The Balaban J connectivity index is 1.10. The summed E-state index contributed by atoms with van der Waals surface area (Å²) < 4.78 is 32.5. The van der Waals surface area contributed by atoms with Gasteiger partial charge in [0.05, 0.1) is 19.6 Å². The van der Waals surface area contributed by atoms with Gasteiger partial charge >= 0.3 is 28.4 Å². The molecule has 6 N–H and O–H groups in total. The van der Waals surface area contributed by atoms with Crippen LogP contribution in [0.3, 0.4) is 0 Å². The molecule has 17 nitrogen and oxygen atoms in total. The number of alkyl carbamates (subject to hydrolysis) is 1. The Bertz CT molecular complexity index is 1650. The summed E-state index contributed by atoms with van der Waals surface area (Å²) in [6, 6.07) is 7.73. The molecule has 3 heterocycles. The predicted molar refractivity (Wildman–Crippen MR) is 145 cm³/mol. The Morgan fingerprint density at radius 2 is 1.77 bits per heavy atom. The molecule has 2 fully saturated rings. The van der Waals surface area contributed by atoms with Crippen LogP contribution in [0.4, 0.5) is 20.1 Å². The Morgan fingerprint density at radius 3 is 2.49 bits per heavy atom. The minimum atomic E-state index is -4.77. The van der Waals surface area contributed by atoms with Crippen LogP contribution >= 0.6 is 0 Å². The smallest absolute Gasteiger partial charge is 0.408 e. The van der Waals surface area contributed by atoms with Crippen molar-refractivity contribution in [3.63, 3.8) is 0 Å². The van der Waals surface area contributed by atoms with Gasteiger partial charge in [0.1, 0.15) is 12.6 Å². The Hall–Kier alpha value is -5.52. The van der Waals surface area contributed by atoms with Gasteiger partial charge in [-0.05, 0) is 17.2 Å². The number of phenols is 2. The van der Waals surface area contributed by atoms with Crippen LogP contribution < -0.4 is 20.8 Å². The zero-order valence-corrected chi connectivity index (χ0v) is 23.0. The average Bonchev–Trinajstić information content (AvgIpc) is 3.34. The number of nitrogens with one attached hydrogen (secondary N) is 4. The monoisotopic (exact) mass is 615 g/mol. The average molecular weight is 616 g/mol. The summed E-state index contributed by atoms with van der Waals surface area (Å²) in [6.45, 7) is -1.04. The van der Waals surface area contributed by atoms with Crippen LogP contribution in [-0.2, 0) is 37.6 Å². The highest BCUT2D eigenvalue weighted by Crippen LogP contribution is 2.34. The van der Waals surface area contributed by atoms with E-state index in [1.54, 1.807) is 35.1 Å². The number of fused-ring (bicyclic) bond motifs is 1. The molecular formula is C25H25N7O10S. The number of hydrogen-bond acceptors (Lipinski definition) is 11. The summed E-state index contributed by atoms with van der Waals surface area (Å²) in [5.41, 5.74) is 4.11. The fourth-order valence-corrected chi connectivity index (χ4v) is 5.42. The van der Waals surface area contributed by atoms with Crippen molar-refractivity contribution < 1.29 is 47.3 Å². The van der Waals surface area contributed by atoms with Crippen LogP contribution in [0.25, 0.3) is 0 Å². The molecule has 1 unspecified atom stereocenters. The molecule has 0 saturated carbocycles. The minimum absolute atomic E-state index is 0.0343. The Morgan fingerprint density at radius 1 is 1.05 bits per heavy atom. The number of aromatic hydroxyl groups is 2. The minimum Gasteiger partial charge on any atom is -0.504 e. The number of ether oxygens (including phenoxy) is 1. The summed E-state index contributed by atoms with van der Waals surface area (Å²) in [4.78, 5) is 62.8. The van der Waals surface area contributed by atoms with Crippen molar-refractivity contribution in [3.8, 4) is 11.5 Å². The highest BCUT2D eigenvalue weighted by molar-refractivity contribution is 7.88. The highest BCUT2D eigenvalue weighted by atomic mass is 32.2. The summed E-state index contributed by atoms with van der Waals surface area (Å²) in [5.74, 6) is -2.36. The van der Waals surface area contributed by atoms with E-state index in [2.05, 4.69) is 16.1 Å². The zero-order chi connectivity index (χ0) is 30.9. The topological polar surface area (TPSA) is 227 Å². The van der Waals surface area contributed by atoms with Gasteiger partial charge in [-0.25, -0.2) is 28.4 Å². The summed E-state index contributed by atoms with van der Waals surface area (Å²) in [6.07, 6.45) is 0.465. The predicted octanol–water partition coefficient (Wildman–Crippen LogP) is -0.190. The second kappa shape index (κ2) is 11.4. The normalized spacial score (nSPS) is 17.7. The Labute approximate surface area is 243 Å². The first-order chi connectivity index (χ1) is 20.4. The van der Waals surface area contributed by atoms with Gasteiger partial charge in [-0.2, -0.15) is 8.42 Å². The lowest BCUT2D eigenvalue weighted by atomic mass is 10.00. The highest BCUT2D eigenvalue weighted by Gasteiger charge is 2.45.